The number of hydrogen-bond acceptors (Lipinski definition) is 6. The van der Waals surface area contributed by atoms with Crippen LogP contribution in [0.15, 0.2) is 0 Å². The van der Waals surface area contributed by atoms with Gasteiger partial charge in [-0.15, -0.1) is 5.92 Å². The van der Waals surface area contributed by atoms with Crippen molar-refractivity contribution in [1.29, 1.82) is 0 Å². The summed E-state index contributed by atoms with van der Waals surface area (Å²) in [6.45, 7) is 13.6. The van der Waals surface area contributed by atoms with Crippen LogP contribution in [0.2, 0.25) is 0 Å². The third kappa shape index (κ3) is 3720. The molecule has 1 radical (unpaired) electrons. The summed E-state index contributed by atoms with van der Waals surface area (Å²) in [7, 11) is 0. The summed E-state index contributed by atoms with van der Waals surface area (Å²) in [5, 5.41) is 0. The molecule has 0 amide bonds. The molecule has 0 spiro atoms. The van der Waals surface area contributed by atoms with Crippen molar-refractivity contribution >= 4 is 40.2 Å². The molecule has 16 heavy (non-hydrogen) atoms. The van der Waals surface area contributed by atoms with Crippen LogP contribution in [0.25, 0.3) is 0 Å². The summed E-state index contributed by atoms with van der Waals surface area (Å²) < 4.78 is 0. The third-order valence-corrected chi connectivity index (χ3v) is 0.236. The van der Waals surface area contributed by atoms with E-state index in [0.29, 0.717) is 0 Å². The smallest absolute Gasteiger partial charge is 0.106 e. The summed E-state index contributed by atoms with van der Waals surface area (Å²) in [5.41, 5.74) is 0. The Hall–Kier alpha value is -1.32. The van der Waals surface area contributed by atoms with E-state index in [1.807, 2.05) is 33.9 Å². The summed E-state index contributed by atoms with van der Waals surface area (Å²) >= 11 is 0. The molecule has 6 nitrogen and oxygen atoms in total. The van der Waals surface area contributed by atoms with Crippen LogP contribution in [0.4, 0.5) is 0 Å². The first kappa shape index (κ1) is 46.6. The molecule has 0 rings (SSSR count). The average Bonchev–Trinajstić information content (AvgIpc) is 2.41. The Bertz CT molecular complexity index is 80.5. The summed E-state index contributed by atoms with van der Waals surface area (Å²) in [6.07, 6.45) is 1.78. The standard InChI is InChI=1S/C4H7O.5CH2O.Re/c1-4(2)3-5;5*1-2;/h4H,1-2H3;5*1H2;/q-1;;;;;;. The van der Waals surface area contributed by atoms with E-state index in [1.54, 1.807) is 20.1 Å². The topological polar surface area (TPSA) is 102 Å². The van der Waals surface area contributed by atoms with Gasteiger partial charge >= 0.3 is 0 Å². The van der Waals surface area contributed by atoms with Crippen molar-refractivity contribution in [3.63, 3.8) is 0 Å². The largest absolute Gasteiger partial charge is 0.542 e. The molecule has 0 fully saturated rings. The van der Waals surface area contributed by atoms with E-state index in [9.17, 15) is 4.79 Å². The van der Waals surface area contributed by atoms with Gasteiger partial charge in [0, 0.05) is 20.4 Å². The Morgan fingerprint density at radius 3 is 0.750 bits per heavy atom. The van der Waals surface area contributed by atoms with Crippen molar-refractivity contribution in [1.82, 2.24) is 0 Å². The van der Waals surface area contributed by atoms with E-state index in [2.05, 4.69) is 0 Å². The first-order chi connectivity index (χ1) is 7.27. The van der Waals surface area contributed by atoms with Crippen LogP contribution in [0.1, 0.15) is 13.8 Å². The van der Waals surface area contributed by atoms with Crippen molar-refractivity contribution in [3.05, 3.63) is 0 Å². The number of hydrogen-bond donors (Lipinski definition) is 0. The van der Waals surface area contributed by atoms with E-state index in [1.165, 1.54) is 0 Å². The van der Waals surface area contributed by atoms with Crippen LogP contribution in [0.3, 0.4) is 0 Å². The van der Waals surface area contributed by atoms with Crippen LogP contribution in [-0.2, 0) is 49.2 Å². The molecular formula is C9H17O6Re-. The number of carbonyl (C=O) groups is 5. The van der Waals surface area contributed by atoms with Crippen LogP contribution in [-0.4, -0.2) is 40.2 Å². The zero-order valence-corrected chi connectivity index (χ0v) is 12.2. The van der Waals surface area contributed by atoms with Crippen molar-refractivity contribution in [2.24, 2.45) is 5.92 Å². The number of carbonyl (C=O) groups excluding carboxylic acids is 6. The molecule has 0 heterocycles. The predicted octanol–water partition coefficient (Wildman–Crippen LogP) is -0.175. The molecule has 0 bridgehead atoms. The minimum Gasteiger partial charge on any atom is -0.542 e. The van der Waals surface area contributed by atoms with Crippen molar-refractivity contribution in [2.45, 2.75) is 13.8 Å². The molecule has 97 valence electrons. The Kier molecular flexibility index (Phi) is 890. The Morgan fingerprint density at radius 1 is 0.688 bits per heavy atom. The van der Waals surface area contributed by atoms with E-state index in [4.69, 9.17) is 24.0 Å². The second-order valence-corrected chi connectivity index (χ2v) is 1.27. The maximum absolute atomic E-state index is 9.38. The van der Waals surface area contributed by atoms with Gasteiger partial charge in [-0.2, -0.15) is 0 Å². The monoisotopic (exact) mass is 408 g/mol. The second-order valence-electron chi connectivity index (χ2n) is 1.27. The van der Waals surface area contributed by atoms with Gasteiger partial charge in [0.2, 0.25) is 0 Å². The van der Waals surface area contributed by atoms with Crippen LogP contribution in [0, 0.1) is 5.92 Å². The zero-order chi connectivity index (χ0) is 14.3. The van der Waals surface area contributed by atoms with E-state index in [-0.39, 0.29) is 26.3 Å². The van der Waals surface area contributed by atoms with Crippen LogP contribution in [0.5, 0.6) is 0 Å². The number of rotatable bonds is 1. The first-order valence-electron chi connectivity index (χ1n) is 3.09. The molecule has 0 aromatic carbocycles. The van der Waals surface area contributed by atoms with Gasteiger partial charge in [-0.05, 0) is 0 Å². The normalized spacial score (nSPS) is 3.94. The van der Waals surface area contributed by atoms with Gasteiger partial charge in [-0.1, -0.05) is 13.8 Å². The molecule has 7 heteroatoms. The fraction of sp³-hybridized carbons (Fsp3) is 0.333. The first-order valence-corrected chi connectivity index (χ1v) is 3.09. The van der Waals surface area contributed by atoms with E-state index in [0.717, 1.165) is 0 Å². The maximum atomic E-state index is 9.38. The fourth-order valence-electron chi connectivity index (χ4n) is 0. The molecule has 0 N–H and O–H groups in total. The Morgan fingerprint density at radius 2 is 0.750 bits per heavy atom. The molecular weight excluding hydrogens is 390 g/mol. The predicted molar refractivity (Wildman–Crippen MR) is 56.1 cm³/mol. The average molecular weight is 407 g/mol. The van der Waals surface area contributed by atoms with Gasteiger partial charge in [0.1, 0.15) is 33.9 Å². The van der Waals surface area contributed by atoms with Crippen LogP contribution >= 0.6 is 0 Å². The minimum absolute atomic E-state index is 0. The molecule has 0 saturated heterocycles. The van der Waals surface area contributed by atoms with Gasteiger partial charge < -0.3 is 28.8 Å². The van der Waals surface area contributed by atoms with E-state index < -0.39 is 0 Å². The SMILES string of the molecule is C=O.C=O.C=O.C=O.C=O.CC(C)[C-]=O.[Re]. The molecule has 0 aliphatic rings. The zero-order valence-electron chi connectivity index (χ0n) is 9.44. The van der Waals surface area contributed by atoms with Gasteiger partial charge in [0.25, 0.3) is 0 Å². The molecule has 0 aliphatic carbocycles. The van der Waals surface area contributed by atoms with Gasteiger partial charge in [-0.25, -0.2) is 0 Å². The van der Waals surface area contributed by atoms with Crippen molar-refractivity contribution in [2.75, 3.05) is 0 Å². The van der Waals surface area contributed by atoms with Gasteiger partial charge in [0.15, 0.2) is 0 Å². The third-order valence-electron chi connectivity index (χ3n) is 0.236. The van der Waals surface area contributed by atoms with Crippen molar-refractivity contribution < 1.29 is 49.2 Å². The van der Waals surface area contributed by atoms with Crippen LogP contribution < -0.4 is 0 Å². The quantitative estimate of drug-likeness (QED) is 0.559. The second kappa shape index (κ2) is 306. The summed E-state index contributed by atoms with van der Waals surface area (Å²) in [6, 6.07) is 0. The molecule has 0 saturated carbocycles. The molecule has 0 aromatic rings. The Balaban J connectivity index is -0.0000000130. The summed E-state index contributed by atoms with van der Waals surface area (Å²) in [4.78, 5) is 49.4. The Labute approximate surface area is 109 Å². The molecule has 0 atom stereocenters. The van der Waals surface area contributed by atoms with Gasteiger partial charge in [-0.3, -0.25) is 6.29 Å². The van der Waals surface area contributed by atoms with Gasteiger partial charge in [0.05, 0.1) is 0 Å². The summed E-state index contributed by atoms with van der Waals surface area (Å²) in [5.74, 6) is 0.0787. The molecule has 0 aliphatic heterocycles. The minimum atomic E-state index is 0. The van der Waals surface area contributed by atoms with Crippen molar-refractivity contribution in [3.8, 4) is 0 Å². The maximum Gasteiger partial charge on any atom is 0.106 e. The molecule has 0 unspecified atom stereocenters. The molecule has 0 aromatic heterocycles. The van der Waals surface area contributed by atoms with E-state index >= 15 is 0 Å². The fourth-order valence-corrected chi connectivity index (χ4v) is 0.